The average Bonchev–Trinajstić information content (AvgIpc) is 3.72. The fourth-order valence-electron chi connectivity index (χ4n) is 6.60. The summed E-state index contributed by atoms with van der Waals surface area (Å²) in [6.45, 7) is 0. The minimum Gasteiger partial charge on any atom is -0.237 e. The Morgan fingerprint density at radius 2 is 0.722 bits per heavy atom. The molecule has 0 N–H and O–H groups in total. The van der Waals surface area contributed by atoms with Gasteiger partial charge in [-0.1, -0.05) is 0 Å². The van der Waals surface area contributed by atoms with E-state index in [0.29, 0.717) is 22.3 Å². The predicted molar refractivity (Wildman–Crippen MR) is 192 cm³/mol. The van der Waals surface area contributed by atoms with Crippen molar-refractivity contribution < 1.29 is 0 Å². The molecule has 2 aromatic heterocycles. The fraction of sp³-hybridized carbons (Fsp3) is 0. The normalized spacial score (nSPS) is 14.1. The average molecular weight is 687 g/mol. The molecule has 2 aliphatic rings. The van der Waals surface area contributed by atoms with Gasteiger partial charge < -0.3 is 0 Å². The molecule has 0 spiro atoms. The lowest BCUT2D eigenvalue weighted by molar-refractivity contribution is 1.13. The molecule has 0 amide bonds. The third-order valence-electron chi connectivity index (χ3n) is 8.72. The zero-order chi connectivity index (χ0) is 37.9. The molecule has 12 nitrogen and oxygen atoms in total. The first-order valence-corrected chi connectivity index (χ1v) is 15.7. The van der Waals surface area contributed by atoms with Crippen molar-refractivity contribution in [3.8, 4) is 48.6 Å². The van der Waals surface area contributed by atoms with E-state index in [-0.39, 0.29) is 89.6 Å². The Bertz CT molecular complexity index is 2730. The van der Waals surface area contributed by atoms with Gasteiger partial charge in [-0.2, -0.15) is 42.1 Å². The molecule has 0 saturated heterocycles. The van der Waals surface area contributed by atoms with Crippen LogP contribution in [-0.2, 0) is 0 Å². The minimum atomic E-state index is 0.00185. The molecule has 3 aromatic carbocycles. The maximum absolute atomic E-state index is 10.8. The van der Waals surface area contributed by atoms with Gasteiger partial charge in [0, 0.05) is 58.2 Å². The largest absolute Gasteiger partial charge is 0.237 e. The van der Waals surface area contributed by atoms with Crippen LogP contribution in [0.25, 0.3) is 44.6 Å². The monoisotopic (exact) mass is 686 g/mol. The van der Waals surface area contributed by atoms with E-state index < -0.39 is 0 Å². The van der Waals surface area contributed by atoms with Crippen LogP contribution in [-0.4, -0.2) is 19.9 Å². The lowest BCUT2D eigenvalue weighted by Gasteiger charge is -2.14. The first-order chi connectivity index (χ1) is 26.4. The highest BCUT2D eigenvalue weighted by Crippen LogP contribution is 2.55. The van der Waals surface area contributed by atoms with Gasteiger partial charge in [0.05, 0.1) is 68.8 Å². The van der Waals surface area contributed by atoms with Crippen LogP contribution in [0.5, 0.6) is 0 Å². The molecule has 0 unspecified atom stereocenters. The van der Waals surface area contributed by atoms with E-state index in [4.69, 9.17) is 0 Å². The molecule has 242 valence electrons. The van der Waals surface area contributed by atoms with Crippen molar-refractivity contribution in [3.05, 3.63) is 153 Å². The topological polar surface area (TPSA) is 242 Å². The van der Waals surface area contributed by atoms with Crippen LogP contribution < -0.4 is 0 Å². The second-order valence-corrected chi connectivity index (χ2v) is 11.6. The number of hydrogen-bond acceptors (Lipinski definition) is 12. The molecular weight excluding hydrogens is 673 g/mol. The van der Waals surface area contributed by atoms with E-state index in [1.807, 2.05) is 24.3 Å². The summed E-state index contributed by atoms with van der Waals surface area (Å²) < 4.78 is 0. The lowest BCUT2D eigenvalue weighted by atomic mass is 9.87. The summed E-state index contributed by atoms with van der Waals surface area (Å²) >= 11 is 0. The van der Waals surface area contributed by atoms with Gasteiger partial charge in [-0.25, -0.2) is 19.9 Å². The maximum atomic E-state index is 10.8. The van der Waals surface area contributed by atoms with E-state index in [2.05, 4.69) is 44.2 Å². The summed E-state index contributed by atoms with van der Waals surface area (Å²) in [5.41, 5.74) is 3.33. The van der Waals surface area contributed by atoms with Gasteiger partial charge in [0.1, 0.15) is 24.3 Å². The van der Waals surface area contributed by atoms with E-state index >= 15 is 0 Å². The van der Waals surface area contributed by atoms with Crippen molar-refractivity contribution in [3.63, 3.8) is 0 Å². The van der Waals surface area contributed by atoms with E-state index in [1.165, 1.54) is 61.2 Å². The standard InChI is InChI=1S/C42H14N12/c43-15-23-7-24(16-44)10-27(9-23)33(19-47)37-31-14-32-30(13-29(31)35(21-49)39(37)41-51-3-1-4-52-41)36(22-50)40(42-53-5-2-6-54-42)38(32)34(20-48)28-11-25(17-45)8-26(12-28)18-46/h1-14H/b37-33-,38-34-. The summed E-state index contributed by atoms with van der Waals surface area (Å²) in [6.07, 6.45) is 5.92. The van der Waals surface area contributed by atoms with Crippen LogP contribution in [0.3, 0.4) is 0 Å². The van der Waals surface area contributed by atoms with Crippen LogP contribution >= 0.6 is 0 Å². The number of hydrogen-bond donors (Lipinski definition) is 0. The molecule has 0 atom stereocenters. The van der Waals surface area contributed by atoms with Gasteiger partial charge >= 0.3 is 0 Å². The van der Waals surface area contributed by atoms with E-state index in [9.17, 15) is 42.1 Å². The number of rotatable bonds is 4. The smallest absolute Gasteiger partial charge is 0.161 e. The Labute approximate surface area is 307 Å². The van der Waals surface area contributed by atoms with Crippen molar-refractivity contribution in [2.45, 2.75) is 0 Å². The van der Waals surface area contributed by atoms with E-state index in [0.717, 1.165) is 0 Å². The second kappa shape index (κ2) is 13.5. The molecule has 2 heterocycles. The first-order valence-electron chi connectivity index (χ1n) is 15.7. The molecule has 0 saturated carbocycles. The summed E-state index contributed by atoms with van der Waals surface area (Å²) in [6, 6.07) is 32.1. The van der Waals surface area contributed by atoms with Crippen LogP contribution in [0.2, 0.25) is 0 Å². The maximum Gasteiger partial charge on any atom is 0.161 e. The minimum absolute atomic E-state index is 0.00185. The number of aromatic nitrogens is 4. The quantitative estimate of drug-likeness (QED) is 0.183. The Kier molecular flexibility index (Phi) is 8.33. The molecule has 0 bridgehead atoms. The molecule has 0 radical (unpaired) electrons. The highest BCUT2D eigenvalue weighted by Gasteiger charge is 2.38. The summed E-state index contributed by atoms with van der Waals surface area (Å²) in [5.74, 6) is 0.232. The zero-order valence-corrected chi connectivity index (χ0v) is 27.4. The van der Waals surface area contributed by atoms with Gasteiger partial charge in [-0.05, 0) is 82.9 Å². The molecular formula is C42H14N12. The van der Waals surface area contributed by atoms with Gasteiger partial charge in [-0.15, -0.1) is 0 Å². The van der Waals surface area contributed by atoms with Crippen molar-refractivity contribution in [1.82, 2.24) is 19.9 Å². The Hall–Kier alpha value is -9.30. The highest BCUT2D eigenvalue weighted by molar-refractivity contribution is 6.33. The highest BCUT2D eigenvalue weighted by atomic mass is 14.9. The van der Waals surface area contributed by atoms with Gasteiger partial charge in [0.2, 0.25) is 0 Å². The van der Waals surface area contributed by atoms with Crippen molar-refractivity contribution in [2.75, 3.05) is 0 Å². The van der Waals surface area contributed by atoms with Gasteiger partial charge in [0.15, 0.2) is 11.6 Å². The molecule has 12 heteroatoms. The Morgan fingerprint density at radius 1 is 0.389 bits per heavy atom. The van der Waals surface area contributed by atoms with Crippen molar-refractivity contribution in [2.24, 2.45) is 0 Å². The predicted octanol–water partition coefficient (Wildman–Crippen LogP) is 6.52. The number of benzene rings is 3. The third-order valence-corrected chi connectivity index (χ3v) is 8.72. The van der Waals surface area contributed by atoms with Crippen molar-refractivity contribution >= 4 is 44.6 Å². The molecule has 0 aliphatic heterocycles. The van der Waals surface area contributed by atoms with Crippen molar-refractivity contribution in [1.29, 1.82) is 42.1 Å². The number of fused-ring (bicyclic) bond motifs is 2. The van der Waals surface area contributed by atoms with Gasteiger partial charge in [0.25, 0.3) is 0 Å². The Morgan fingerprint density at radius 3 is 1.02 bits per heavy atom. The molecule has 0 fully saturated rings. The summed E-state index contributed by atoms with van der Waals surface area (Å²) in [7, 11) is 0. The van der Waals surface area contributed by atoms with E-state index in [1.54, 1.807) is 24.3 Å². The SMILES string of the molecule is N#CC1=C(c2ncccn2)/C(=C(/C#N)c2cc(C#N)cc(C#N)c2)c2cc3c(cc21)C(C#N)=C(c1ncccn1)/C3=C(/C#N)c1cc(C#N)cc(C#N)c1. The first kappa shape index (κ1) is 33.2. The lowest BCUT2D eigenvalue weighted by Crippen LogP contribution is -1.99. The molecule has 54 heavy (non-hydrogen) atoms. The number of nitrogens with zero attached hydrogens (tertiary/aromatic N) is 12. The molecule has 7 rings (SSSR count). The zero-order valence-electron chi connectivity index (χ0n) is 27.4. The number of nitriles is 8. The van der Waals surface area contributed by atoms with Crippen LogP contribution in [0, 0.1) is 90.6 Å². The summed E-state index contributed by atoms with van der Waals surface area (Å²) in [4.78, 5) is 17.6. The van der Waals surface area contributed by atoms with Gasteiger partial charge in [-0.3, -0.25) is 0 Å². The third kappa shape index (κ3) is 5.27. The second-order valence-electron chi connectivity index (χ2n) is 11.6. The fourth-order valence-corrected chi connectivity index (χ4v) is 6.60. The molecule has 2 aliphatic carbocycles. The molecule has 5 aromatic rings. The van der Waals surface area contributed by atoms with Crippen LogP contribution in [0.15, 0.2) is 85.5 Å². The van der Waals surface area contributed by atoms with Crippen LogP contribution in [0.1, 0.15) is 67.3 Å². The van der Waals surface area contributed by atoms with Crippen LogP contribution in [0.4, 0.5) is 0 Å². The number of allylic oxidation sites excluding steroid dienone is 8. The Balaban J connectivity index is 1.66. The summed E-state index contributed by atoms with van der Waals surface area (Å²) in [5, 5.41) is 82.1.